The highest BCUT2D eigenvalue weighted by Gasteiger charge is 2.37. The zero-order chi connectivity index (χ0) is 15.7. The van der Waals surface area contributed by atoms with Gasteiger partial charge in [-0.25, -0.2) is 9.97 Å². The van der Waals surface area contributed by atoms with Gasteiger partial charge < -0.3 is 9.64 Å². The van der Waals surface area contributed by atoms with E-state index in [0.29, 0.717) is 22.9 Å². The summed E-state index contributed by atoms with van der Waals surface area (Å²) >= 11 is 6.08. The second-order valence-electron chi connectivity index (χ2n) is 5.17. The SMILES string of the molecule is CO[C@@H]1C[C@@H](c2ncn[nH]2)N(c2ncc(Cl)c(C)c2C#N)C1. The van der Waals surface area contributed by atoms with Crippen molar-refractivity contribution in [3.05, 3.63) is 34.5 Å². The predicted molar refractivity (Wildman–Crippen MR) is 80.6 cm³/mol. The molecule has 7 nitrogen and oxygen atoms in total. The average molecular weight is 319 g/mol. The molecule has 0 spiro atoms. The molecule has 1 N–H and O–H groups in total. The maximum Gasteiger partial charge on any atom is 0.147 e. The lowest BCUT2D eigenvalue weighted by atomic mass is 10.1. The molecule has 1 saturated heterocycles. The molecule has 0 unspecified atom stereocenters. The fourth-order valence-electron chi connectivity index (χ4n) is 2.75. The first kappa shape index (κ1) is 14.8. The number of nitrogens with zero attached hydrogens (tertiary/aromatic N) is 5. The molecule has 22 heavy (non-hydrogen) atoms. The molecular formula is C14H15ClN6O. The van der Waals surface area contributed by atoms with E-state index in [1.807, 2.05) is 11.8 Å². The van der Waals surface area contributed by atoms with Crippen LogP contribution < -0.4 is 4.90 Å². The highest BCUT2D eigenvalue weighted by atomic mass is 35.5. The maximum absolute atomic E-state index is 9.48. The third-order valence-electron chi connectivity index (χ3n) is 3.99. The van der Waals surface area contributed by atoms with Crippen molar-refractivity contribution in [2.24, 2.45) is 0 Å². The lowest BCUT2D eigenvalue weighted by molar-refractivity contribution is 0.118. The molecule has 1 aliphatic rings. The van der Waals surface area contributed by atoms with Gasteiger partial charge in [-0.05, 0) is 12.5 Å². The minimum atomic E-state index is -0.0624. The van der Waals surface area contributed by atoms with Crippen molar-refractivity contribution < 1.29 is 4.74 Å². The van der Waals surface area contributed by atoms with E-state index in [0.717, 1.165) is 17.8 Å². The number of ether oxygens (including phenoxy) is 1. The van der Waals surface area contributed by atoms with Crippen LogP contribution in [0.5, 0.6) is 0 Å². The van der Waals surface area contributed by atoms with Crippen molar-refractivity contribution in [2.45, 2.75) is 25.5 Å². The second-order valence-corrected chi connectivity index (χ2v) is 5.58. The topological polar surface area (TPSA) is 90.7 Å². The van der Waals surface area contributed by atoms with Crippen LogP contribution in [0.2, 0.25) is 5.02 Å². The van der Waals surface area contributed by atoms with Gasteiger partial charge >= 0.3 is 0 Å². The molecule has 3 rings (SSSR count). The number of anilines is 1. The fraction of sp³-hybridized carbons (Fsp3) is 0.429. The first-order chi connectivity index (χ1) is 10.7. The molecule has 0 saturated carbocycles. The molecule has 0 aliphatic carbocycles. The van der Waals surface area contributed by atoms with E-state index in [4.69, 9.17) is 16.3 Å². The number of halogens is 1. The largest absolute Gasteiger partial charge is 0.380 e. The van der Waals surface area contributed by atoms with Crippen LogP contribution in [-0.4, -0.2) is 39.9 Å². The standard InChI is InChI=1S/C14H15ClN6O/c1-8-10(4-16)14(17-5-11(8)15)21-6-9(22-2)3-12(21)13-18-7-19-20-13/h5,7,9,12H,3,6H2,1-2H3,(H,18,19,20)/t9-,12+/m1/s1. The summed E-state index contributed by atoms with van der Waals surface area (Å²) in [5.41, 5.74) is 1.21. The number of nitrogens with one attached hydrogen (secondary N) is 1. The van der Waals surface area contributed by atoms with Crippen LogP contribution >= 0.6 is 11.6 Å². The summed E-state index contributed by atoms with van der Waals surface area (Å²) in [5, 5.41) is 16.8. The molecule has 2 atom stereocenters. The van der Waals surface area contributed by atoms with E-state index in [9.17, 15) is 5.26 Å². The van der Waals surface area contributed by atoms with Crippen molar-refractivity contribution >= 4 is 17.4 Å². The van der Waals surface area contributed by atoms with Crippen molar-refractivity contribution in [3.63, 3.8) is 0 Å². The van der Waals surface area contributed by atoms with Gasteiger partial charge in [0, 0.05) is 26.3 Å². The normalized spacial score (nSPS) is 21.1. The summed E-state index contributed by atoms with van der Waals surface area (Å²) < 4.78 is 5.48. The Morgan fingerprint density at radius 3 is 2.95 bits per heavy atom. The molecule has 1 fully saturated rings. The van der Waals surface area contributed by atoms with Gasteiger partial charge in [0.1, 0.15) is 24.0 Å². The van der Waals surface area contributed by atoms with Crippen molar-refractivity contribution in [1.82, 2.24) is 20.2 Å². The Kier molecular flexibility index (Phi) is 3.96. The minimum absolute atomic E-state index is 0.0411. The van der Waals surface area contributed by atoms with Gasteiger partial charge in [-0.1, -0.05) is 11.6 Å². The van der Waals surface area contributed by atoms with E-state index >= 15 is 0 Å². The number of pyridine rings is 1. The van der Waals surface area contributed by atoms with Gasteiger partial charge in [-0.15, -0.1) is 0 Å². The second kappa shape index (κ2) is 5.91. The van der Waals surface area contributed by atoms with Crippen molar-refractivity contribution in [2.75, 3.05) is 18.6 Å². The monoisotopic (exact) mass is 318 g/mol. The Balaban J connectivity index is 2.06. The van der Waals surface area contributed by atoms with Crippen molar-refractivity contribution in [3.8, 4) is 6.07 Å². The number of hydrogen-bond acceptors (Lipinski definition) is 6. The van der Waals surface area contributed by atoms with Crippen LogP contribution in [0.3, 0.4) is 0 Å². The molecular weight excluding hydrogens is 304 g/mol. The Morgan fingerprint density at radius 2 is 2.32 bits per heavy atom. The smallest absolute Gasteiger partial charge is 0.147 e. The predicted octanol–water partition coefficient (Wildman–Crippen LogP) is 2.00. The number of H-pyrrole nitrogens is 1. The van der Waals surface area contributed by atoms with Crippen LogP contribution in [-0.2, 0) is 4.74 Å². The first-order valence-electron chi connectivity index (χ1n) is 6.85. The Morgan fingerprint density at radius 1 is 1.50 bits per heavy atom. The molecule has 0 amide bonds. The minimum Gasteiger partial charge on any atom is -0.380 e. The molecule has 1 aliphatic heterocycles. The van der Waals surface area contributed by atoms with Gasteiger partial charge in [0.05, 0.1) is 22.7 Å². The average Bonchev–Trinajstić information content (AvgIpc) is 3.18. The van der Waals surface area contributed by atoms with Crippen molar-refractivity contribution in [1.29, 1.82) is 5.26 Å². The summed E-state index contributed by atoms with van der Waals surface area (Å²) in [6.07, 6.45) is 3.84. The Hall–Kier alpha value is -2.17. The number of aromatic nitrogens is 4. The van der Waals surface area contributed by atoms with Gasteiger partial charge in [0.15, 0.2) is 0 Å². The van der Waals surface area contributed by atoms with E-state index in [1.165, 1.54) is 6.33 Å². The number of rotatable bonds is 3. The Labute approximate surface area is 132 Å². The summed E-state index contributed by atoms with van der Waals surface area (Å²) in [4.78, 5) is 10.6. The third kappa shape index (κ3) is 2.40. The molecule has 114 valence electrons. The van der Waals surface area contributed by atoms with E-state index in [-0.39, 0.29) is 12.1 Å². The summed E-state index contributed by atoms with van der Waals surface area (Å²) in [6.45, 7) is 2.45. The van der Waals surface area contributed by atoms with Gasteiger partial charge in [0.2, 0.25) is 0 Å². The van der Waals surface area contributed by atoms with Gasteiger partial charge in [0.25, 0.3) is 0 Å². The lowest BCUT2D eigenvalue weighted by Gasteiger charge is -2.25. The highest BCUT2D eigenvalue weighted by molar-refractivity contribution is 6.31. The zero-order valence-corrected chi connectivity index (χ0v) is 13.0. The molecule has 8 heteroatoms. The van der Waals surface area contributed by atoms with Gasteiger partial charge in [-0.3, -0.25) is 5.10 Å². The van der Waals surface area contributed by atoms with E-state index in [2.05, 4.69) is 26.2 Å². The van der Waals surface area contributed by atoms with E-state index < -0.39 is 0 Å². The summed E-state index contributed by atoms with van der Waals surface area (Å²) in [7, 11) is 1.68. The quantitative estimate of drug-likeness (QED) is 0.930. The molecule has 3 heterocycles. The van der Waals surface area contributed by atoms with Crippen LogP contribution in [0.4, 0.5) is 5.82 Å². The number of nitriles is 1. The first-order valence-corrected chi connectivity index (χ1v) is 7.23. The summed E-state index contributed by atoms with van der Waals surface area (Å²) in [5.74, 6) is 1.34. The summed E-state index contributed by atoms with van der Waals surface area (Å²) in [6, 6.07) is 2.14. The fourth-order valence-corrected chi connectivity index (χ4v) is 2.90. The molecule has 0 radical (unpaired) electrons. The molecule has 2 aromatic rings. The van der Waals surface area contributed by atoms with Crippen LogP contribution in [0, 0.1) is 18.3 Å². The Bertz CT molecular complexity index is 711. The third-order valence-corrected chi connectivity index (χ3v) is 4.37. The van der Waals surface area contributed by atoms with Crippen LogP contribution in [0.25, 0.3) is 0 Å². The van der Waals surface area contributed by atoms with Crippen LogP contribution in [0.1, 0.15) is 29.4 Å². The lowest BCUT2D eigenvalue weighted by Crippen LogP contribution is -2.27. The molecule has 2 aromatic heterocycles. The number of aromatic amines is 1. The zero-order valence-electron chi connectivity index (χ0n) is 12.2. The molecule has 0 aromatic carbocycles. The molecule has 0 bridgehead atoms. The number of methoxy groups -OCH3 is 1. The number of hydrogen-bond donors (Lipinski definition) is 1. The highest BCUT2D eigenvalue weighted by Crippen LogP contribution is 2.37. The van der Waals surface area contributed by atoms with Crippen LogP contribution in [0.15, 0.2) is 12.5 Å². The van der Waals surface area contributed by atoms with Gasteiger partial charge in [-0.2, -0.15) is 10.4 Å². The maximum atomic E-state index is 9.48. The van der Waals surface area contributed by atoms with E-state index in [1.54, 1.807) is 13.3 Å².